The van der Waals surface area contributed by atoms with Gasteiger partial charge in [-0.05, 0) is 24.3 Å². The molecular formula is C9H9NO4. The third-order valence-electron chi connectivity index (χ3n) is 1.64. The Bertz CT molecular complexity index is 344. The molecule has 0 saturated carbocycles. The number of ketones is 1. The number of hydrogen-bond acceptors (Lipinski definition) is 5. The van der Waals surface area contributed by atoms with E-state index in [0.29, 0.717) is 5.75 Å². The van der Waals surface area contributed by atoms with Crippen LogP contribution in [0.2, 0.25) is 0 Å². The van der Waals surface area contributed by atoms with Crippen molar-refractivity contribution in [1.82, 2.24) is 0 Å². The summed E-state index contributed by atoms with van der Waals surface area (Å²) in [5.41, 5.74) is 0.209. The van der Waals surface area contributed by atoms with Crippen LogP contribution in [0.15, 0.2) is 24.3 Å². The van der Waals surface area contributed by atoms with Gasteiger partial charge < -0.3 is 9.57 Å². The topological polar surface area (TPSA) is 78.6 Å². The van der Waals surface area contributed by atoms with E-state index in [9.17, 15) is 9.59 Å². The molecule has 0 atom stereocenters. The Morgan fingerprint density at radius 3 is 2.21 bits per heavy atom. The quantitative estimate of drug-likeness (QED) is 0.426. The van der Waals surface area contributed by atoms with Crippen molar-refractivity contribution >= 4 is 11.8 Å². The predicted octanol–water partition coefficient (Wildman–Crippen LogP) is 0.295. The standard InChI is InChI=1S/C9H9NO4/c1-13-7-4-2-6(3-5-7)8(11)9(12)14-10/h2-5H,10H2,1H3. The minimum absolute atomic E-state index is 0.209. The molecule has 0 aliphatic carbocycles. The smallest absolute Gasteiger partial charge is 0.398 e. The van der Waals surface area contributed by atoms with Crippen molar-refractivity contribution < 1.29 is 19.2 Å². The van der Waals surface area contributed by atoms with Gasteiger partial charge >= 0.3 is 5.97 Å². The van der Waals surface area contributed by atoms with E-state index in [1.54, 1.807) is 12.1 Å². The molecule has 0 saturated heterocycles. The van der Waals surface area contributed by atoms with Crippen LogP contribution in [0.1, 0.15) is 10.4 Å². The first kappa shape index (κ1) is 10.2. The van der Waals surface area contributed by atoms with Gasteiger partial charge in [-0.3, -0.25) is 4.79 Å². The number of benzene rings is 1. The van der Waals surface area contributed by atoms with Gasteiger partial charge in [0.05, 0.1) is 7.11 Å². The fourth-order valence-corrected chi connectivity index (χ4v) is 0.914. The fraction of sp³-hybridized carbons (Fsp3) is 0.111. The van der Waals surface area contributed by atoms with Crippen molar-refractivity contribution in [2.45, 2.75) is 0 Å². The molecule has 0 fully saturated rings. The largest absolute Gasteiger partial charge is 0.497 e. The number of nitrogens with two attached hydrogens (primary N) is 1. The maximum absolute atomic E-state index is 11.2. The van der Waals surface area contributed by atoms with Crippen molar-refractivity contribution in [3.63, 3.8) is 0 Å². The number of carbonyl (C=O) groups is 2. The van der Waals surface area contributed by atoms with Crippen LogP contribution in [0.4, 0.5) is 0 Å². The van der Waals surface area contributed by atoms with Gasteiger partial charge in [-0.1, -0.05) is 0 Å². The van der Waals surface area contributed by atoms with Crippen LogP contribution in [0.5, 0.6) is 5.75 Å². The third-order valence-corrected chi connectivity index (χ3v) is 1.64. The minimum atomic E-state index is -1.09. The first-order valence-corrected chi connectivity index (χ1v) is 3.78. The number of rotatable bonds is 3. The normalized spacial score (nSPS) is 9.29. The average molecular weight is 195 g/mol. The first-order valence-electron chi connectivity index (χ1n) is 3.78. The van der Waals surface area contributed by atoms with Crippen molar-refractivity contribution in [1.29, 1.82) is 0 Å². The zero-order valence-electron chi connectivity index (χ0n) is 7.52. The van der Waals surface area contributed by atoms with E-state index in [0.717, 1.165) is 0 Å². The maximum atomic E-state index is 11.2. The molecule has 0 heterocycles. The van der Waals surface area contributed by atoms with E-state index in [1.165, 1.54) is 19.2 Å². The van der Waals surface area contributed by atoms with Crippen LogP contribution in [0, 0.1) is 0 Å². The molecule has 0 amide bonds. The summed E-state index contributed by atoms with van der Waals surface area (Å²) < 4.78 is 4.88. The Kier molecular flexibility index (Phi) is 3.19. The molecule has 0 spiro atoms. The van der Waals surface area contributed by atoms with Gasteiger partial charge in [-0.25, -0.2) is 4.79 Å². The summed E-state index contributed by atoms with van der Waals surface area (Å²) in [6.07, 6.45) is 0. The van der Waals surface area contributed by atoms with Gasteiger partial charge in [-0.2, -0.15) is 5.90 Å². The van der Waals surface area contributed by atoms with E-state index < -0.39 is 11.8 Å². The molecule has 0 aromatic heterocycles. The molecule has 0 aliphatic rings. The lowest BCUT2D eigenvalue weighted by molar-refractivity contribution is -0.138. The highest BCUT2D eigenvalue weighted by molar-refractivity contribution is 6.40. The van der Waals surface area contributed by atoms with E-state index in [1.807, 2.05) is 0 Å². The highest BCUT2D eigenvalue weighted by Crippen LogP contribution is 2.11. The lowest BCUT2D eigenvalue weighted by atomic mass is 10.1. The monoisotopic (exact) mass is 195 g/mol. The highest BCUT2D eigenvalue weighted by atomic mass is 16.7. The predicted molar refractivity (Wildman–Crippen MR) is 47.6 cm³/mol. The lowest BCUT2D eigenvalue weighted by Crippen LogP contribution is -2.20. The van der Waals surface area contributed by atoms with Gasteiger partial charge in [0.1, 0.15) is 5.75 Å². The van der Waals surface area contributed by atoms with Crippen LogP contribution in [0.25, 0.3) is 0 Å². The molecule has 0 bridgehead atoms. The number of methoxy groups -OCH3 is 1. The van der Waals surface area contributed by atoms with Gasteiger partial charge in [0.25, 0.3) is 5.78 Å². The summed E-state index contributed by atoms with van der Waals surface area (Å²) in [5, 5.41) is 0. The zero-order valence-corrected chi connectivity index (χ0v) is 7.52. The summed E-state index contributed by atoms with van der Waals surface area (Å²) in [4.78, 5) is 25.7. The Morgan fingerprint density at radius 2 is 1.79 bits per heavy atom. The number of carbonyl (C=O) groups excluding carboxylic acids is 2. The second-order valence-corrected chi connectivity index (χ2v) is 2.46. The molecule has 5 heteroatoms. The summed E-state index contributed by atoms with van der Waals surface area (Å²) >= 11 is 0. The molecular weight excluding hydrogens is 186 g/mol. The lowest BCUT2D eigenvalue weighted by Gasteiger charge is -2.00. The molecule has 1 aromatic carbocycles. The summed E-state index contributed by atoms with van der Waals surface area (Å²) in [6.45, 7) is 0. The molecule has 0 radical (unpaired) electrons. The Hall–Kier alpha value is -1.88. The minimum Gasteiger partial charge on any atom is -0.497 e. The van der Waals surface area contributed by atoms with Crippen LogP contribution in [-0.2, 0) is 9.63 Å². The van der Waals surface area contributed by atoms with E-state index in [-0.39, 0.29) is 5.56 Å². The maximum Gasteiger partial charge on any atom is 0.398 e. The Labute approximate surface area is 80.4 Å². The van der Waals surface area contributed by atoms with E-state index >= 15 is 0 Å². The van der Waals surface area contributed by atoms with Crippen LogP contribution >= 0.6 is 0 Å². The van der Waals surface area contributed by atoms with Gasteiger partial charge in [0, 0.05) is 5.56 Å². The van der Waals surface area contributed by atoms with E-state index in [4.69, 9.17) is 4.74 Å². The molecule has 1 rings (SSSR count). The second-order valence-electron chi connectivity index (χ2n) is 2.46. The molecule has 74 valence electrons. The van der Waals surface area contributed by atoms with Gasteiger partial charge in [0.15, 0.2) is 0 Å². The molecule has 5 nitrogen and oxygen atoms in total. The highest BCUT2D eigenvalue weighted by Gasteiger charge is 2.16. The zero-order chi connectivity index (χ0) is 10.6. The molecule has 14 heavy (non-hydrogen) atoms. The molecule has 2 N–H and O–H groups in total. The average Bonchev–Trinajstić information content (AvgIpc) is 2.27. The van der Waals surface area contributed by atoms with Gasteiger partial charge in [0.2, 0.25) is 0 Å². The fourth-order valence-electron chi connectivity index (χ4n) is 0.914. The molecule has 1 aromatic rings. The van der Waals surface area contributed by atoms with Gasteiger partial charge in [-0.15, -0.1) is 0 Å². The van der Waals surface area contributed by atoms with Crippen LogP contribution < -0.4 is 10.6 Å². The second kappa shape index (κ2) is 4.38. The summed E-state index contributed by atoms with van der Waals surface area (Å²) in [7, 11) is 1.50. The Balaban J connectivity index is 2.87. The SMILES string of the molecule is COc1ccc(C(=O)C(=O)ON)cc1. The van der Waals surface area contributed by atoms with Crippen LogP contribution in [0.3, 0.4) is 0 Å². The number of ether oxygens (including phenoxy) is 1. The van der Waals surface area contributed by atoms with Crippen molar-refractivity contribution in [3.8, 4) is 5.75 Å². The van der Waals surface area contributed by atoms with E-state index in [2.05, 4.69) is 10.7 Å². The van der Waals surface area contributed by atoms with Crippen molar-refractivity contribution in [2.24, 2.45) is 5.90 Å². The number of Topliss-reactive ketones (excluding diaryl/α,β-unsaturated/α-hetero) is 1. The van der Waals surface area contributed by atoms with Crippen molar-refractivity contribution in [2.75, 3.05) is 7.11 Å². The third kappa shape index (κ3) is 2.08. The Morgan fingerprint density at radius 1 is 1.21 bits per heavy atom. The van der Waals surface area contributed by atoms with Crippen molar-refractivity contribution in [3.05, 3.63) is 29.8 Å². The molecule has 0 unspecified atom stereocenters. The molecule has 0 aliphatic heterocycles. The number of hydrogen-bond donors (Lipinski definition) is 1. The summed E-state index contributed by atoms with van der Waals surface area (Å²) in [5.74, 6) is 3.30. The first-order chi connectivity index (χ1) is 6.69. The van der Waals surface area contributed by atoms with Crippen LogP contribution in [-0.4, -0.2) is 18.9 Å². The summed E-state index contributed by atoms with van der Waals surface area (Å²) in [6, 6.07) is 6.05.